The van der Waals surface area contributed by atoms with E-state index >= 15 is 0 Å². The molecular weight excluding hydrogens is 224 g/mol. The lowest BCUT2D eigenvalue weighted by atomic mass is 9.87. The van der Waals surface area contributed by atoms with Crippen molar-refractivity contribution in [2.75, 3.05) is 6.61 Å². The van der Waals surface area contributed by atoms with Crippen LogP contribution in [0.3, 0.4) is 0 Å². The Bertz CT molecular complexity index is 375. The fourth-order valence-electron chi connectivity index (χ4n) is 2.61. The second-order valence-corrected chi connectivity index (χ2v) is 5.22. The predicted molar refractivity (Wildman–Crippen MR) is 73.1 cm³/mol. The Balaban J connectivity index is 1.74. The second kappa shape index (κ2) is 6.58. The summed E-state index contributed by atoms with van der Waals surface area (Å²) in [5, 5.41) is 0. The highest BCUT2D eigenvalue weighted by molar-refractivity contribution is 5.94. The number of ether oxygens (including phenoxy) is 1. The molecule has 18 heavy (non-hydrogen) atoms. The first-order valence-electron chi connectivity index (χ1n) is 6.99. The van der Waals surface area contributed by atoms with Crippen molar-refractivity contribution >= 4 is 5.78 Å². The number of Topliss-reactive ketones (excluding diaryl/α,β-unsaturated/α-hetero) is 1. The molecule has 1 aliphatic carbocycles. The number of hydrogen-bond donors (Lipinski definition) is 0. The molecule has 1 aromatic rings. The fourth-order valence-corrected chi connectivity index (χ4v) is 2.61. The summed E-state index contributed by atoms with van der Waals surface area (Å²) in [5.74, 6) is 1.83. The molecule has 1 saturated carbocycles. The van der Waals surface area contributed by atoms with Gasteiger partial charge in [0.25, 0.3) is 0 Å². The highest BCUT2D eigenvalue weighted by Gasteiger charge is 2.13. The molecule has 0 atom stereocenters. The largest absolute Gasteiger partial charge is 0.494 e. The number of hydrogen-bond acceptors (Lipinski definition) is 2. The summed E-state index contributed by atoms with van der Waals surface area (Å²) in [7, 11) is 0. The molecule has 2 heteroatoms. The maximum absolute atomic E-state index is 11.1. The van der Waals surface area contributed by atoms with Gasteiger partial charge in [-0.3, -0.25) is 4.79 Å². The van der Waals surface area contributed by atoms with Gasteiger partial charge in [0, 0.05) is 5.56 Å². The van der Waals surface area contributed by atoms with Crippen LogP contribution in [-0.4, -0.2) is 12.4 Å². The van der Waals surface area contributed by atoms with E-state index in [0.29, 0.717) is 0 Å². The molecule has 0 aliphatic heterocycles. The summed E-state index contributed by atoms with van der Waals surface area (Å²) in [5.41, 5.74) is 0.745. The van der Waals surface area contributed by atoms with Crippen LogP contribution in [0.15, 0.2) is 24.3 Å². The number of ketones is 1. The van der Waals surface area contributed by atoms with Crippen molar-refractivity contribution in [3.8, 4) is 5.75 Å². The molecule has 0 saturated heterocycles. The Morgan fingerprint density at radius 3 is 2.44 bits per heavy atom. The van der Waals surface area contributed by atoms with Gasteiger partial charge >= 0.3 is 0 Å². The first-order chi connectivity index (χ1) is 8.75. The van der Waals surface area contributed by atoms with Gasteiger partial charge in [-0.1, -0.05) is 32.1 Å². The van der Waals surface area contributed by atoms with Crippen LogP contribution >= 0.6 is 0 Å². The summed E-state index contributed by atoms with van der Waals surface area (Å²) in [6.07, 6.45) is 8.08. The number of benzene rings is 1. The third-order valence-corrected chi connectivity index (χ3v) is 3.78. The van der Waals surface area contributed by atoms with E-state index in [2.05, 4.69) is 0 Å². The summed E-state index contributed by atoms with van der Waals surface area (Å²) in [6.45, 7) is 2.38. The quantitative estimate of drug-likeness (QED) is 0.726. The molecule has 0 aromatic heterocycles. The third kappa shape index (κ3) is 3.86. The van der Waals surface area contributed by atoms with Crippen LogP contribution in [-0.2, 0) is 0 Å². The van der Waals surface area contributed by atoms with Crippen LogP contribution < -0.4 is 4.74 Å². The number of carbonyl (C=O) groups is 1. The Hall–Kier alpha value is -1.31. The minimum Gasteiger partial charge on any atom is -0.494 e. The Labute approximate surface area is 109 Å². The van der Waals surface area contributed by atoms with Crippen LogP contribution in [0, 0.1) is 5.92 Å². The Morgan fingerprint density at radius 1 is 1.17 bits per heavy atom. The van der Waals surface area contributed by atoms with Gasteiger partial charge in [0.2, 0.25) is 0 Å². The molecule has 1 aromatic carbocycles. The molecule has 0 unspecified atom stereocenters. The topological polar surface area (TPSA) is 26.3 Å². The number of carbonyl (C=O) groups excluding carboxylic acids is 1. The van der Waals surface area contributed by atoms with Crippen molar-refractivity contribution in [2.45, 2.75) is 45.4 Å². The molecule has 2 rings (SSSR count). The highest BCUT2D eigenvalue weighted by atomic mass is 16.5. The van der Waals surface area contributed by atoms with Gasteiger partial charge in [-0.05, 0) is 43.5 Å². The lowest BCUT2D eigenvalue weighted by Gasteiger charge is -2.21. The molecular formula is C16H22O2. The molecule has 0 spiro atoms. The van der Waals surface area contributed by atoms with Gasteiger partial charge in [0.05, 0.1) is 6.61 Å². The minimum absolute atomic E-state index is 0.101. The molecule has 1 aliphatic rings. The zero-order valence-corrected chi connectivity index (χ0v) is 11.2. The first-order valence-corrected chi connectivity index (χ1v) is 6.99. The molecule has 0 bridgehead atoms. The third-order valence-electron chi connectivity index (χ3n) is 3.78. The van der Waals surface area contributed by atoms with Crippen molar-refractivity contribution in [3.63, 3.8) is 0 Å². The van der Waals surface area contributed by atoms with Gasteiger partial charge in [0.15, 0.2) is 5.78 Å². The van der Waals surface area contributed by atoms with Gasteiger partial charge in [-0.25, -0.2) is 0 Å². The van der Waals surface area contributed by atoms with E-state index in [0.717, 1.165) is 30.3 Å². The van der Waals surface area contributed by atoms with Crippen molar-refractivity contribution in [3.05, 3.63) is 29.8 Å². The second-order valence-electron chi connectivity index (χ2n) is 5.22. The molecule has 2 nitrogen and oxygen atoms in total. The Morgan fingerprint density at radius 2 is 1.83 bits per heavy atom. The average Bonchev–Trinajstić information content (AvgIpc) is 2.40. The summed E-state index contributed by atoms with van der Waals surface area (Å²) < 4.78 is 5.73. The fraction of sp³-hybridized carbons (Fsp3) is 0.562. The lowest BCUT2D eigenvalue weighted by molar-refractivity contribution is 0.101. The van der Waals surface area contributed by atoms with Gasteiger partial charge in [0.1, 0.15) is 5.75 Å². The molecule has 0 amide bonds. The maximum Gasteiger partial charge on any atom is 0.159 e. The van der Waals surface area contributed by atoms with Crippen LogP contribution in [0.25, 0.3) is 0 Å². The standard InChI is InChI=1S/C16H22O2/c1-13(17)15-7-9-16(10-8-15)18-12-11-14-5-3-2-4-6-14/h7-10,14H,2-6,11-12H2,1H3. The Kier molecular flexibility index (Phi) is 4.80. The van der Waals surface area contributed by atoms with E-state index in [1.54, 1.807) is 6.92 Å². The van der Waals surface area contributed by atoms with Crippen molar-refractivity contribution in [1.82, 2.24) is 0 Å². The van der Waals surface area contributed by atoms with E-state index in [1.165, 1.54) is 32.1 Å². The zero-order chi connectivity index (χ0) is 12.8. The molecule has 0 N–H and O–H groups in total. The van der Waals surface area contributed by atoms with E-state index in [-0.39, 0.29) is 5.78 Å². The monoisotopic (exact) mass is 246 g/mol. The SMILES string of the molecule is CC(=O)c1ccc(OCCC2CCCCC2)cc1. The van der Waals surface area contributed by atoms with Crippen LogP contribution in [0.2, 0.25) is 0 Å². The number of rotatable bonds is 5. The first kappa shape index (κ1) is 13.1. The van der Waals surface area contributed by atoms with E-state index in [1.807, 2.05) is 24.3 Å². The predicted octanol–water partition coefficient (Wildman–Crippen LogP) is 4.24. The minimum atomic E-state index is 0.101. The molecule has 0 radical (unpaired) electrons. The van der Waals surface area contributed by atoms with Crippen molar-refractivity contribution in [2.24, 2.45) is 5.92 Å². The summed E-state index contributed by atoms with van der Waals surface area (Å²) in [4.78, 5) is 11.1. The lowest BCUT2D eigenvalue weighted by Crippen LogP contribution is -2.10. The normalized spacial score (nSPS) is 16.5. The van der Waals surface area contributed by atoms with E-state index in [4.69, 9.17) is 4.74 Å². The summed E-state index contributed by atoms with van der Waals surface area (Å²) >= 11 is 0. The van der Waals surface area contributed by atoms with Crippen LogP contribution in [0.1, 0.15) is 55.8 Å². The summed E-state index contributed by atoms with van der Waals surface area (Å²) in [6, 6.07) is 7.44. The molecule has 0 heterocycles. The van der Waals surface area contributed by atoms with Crippen LogP contribution in [0.4, 0.5) is 0 Å². The smallest absolute Gasteiger partial charge is 0.159 e. The van der Waals surface area contributed by atoms with Gasteiger partial charge < -0.3 is 4.74 Å². The van der Waals surface area contributed by atoms with Gasteiger partial charge in [-0.15, -0.1) is 0 Å². The highest BCUT2D eigenvalue weighted by Crippen LogP contribution is 2.26. The molecule has 1 fully saturated rings. The molecule has 98 valence electrons. The maximum atomic E-state index is 11.1. The van der Waals surface area contributed by atoms with Gasteiger partial charge in [-0.2, -0.15) is 0 Å². The van der Waals surface area contributed by atoms with Crippen molar-refractivity contribution in [1.29, 1.82) is 0 Å². The average molecular weight is 246 g/mol. The van der Waals surface area contributed by atoms with Crippen molar-refractivity contribution < 1.29 is 9.53 Å². The van der Waals surface area contributed by atoms with E-state index in [9.17, 15) is 4.79 Å². The van der Waals surface area contributed by atoms with Crippen LogP contribution in [0.5, 0.6) is 5.75 Å². The van der Waals surface area contributed by atoms with E-state index < -0.39 is 0 Å². The zero-order valence-electron chi connectivity index (χ0n) is 11.2.